The molecule has 0 fully saturated rings. The summed E-state index contributed by atoms with van der Waals surface area (Å²) in [5.74, 6) is -1.50. The Hall–Kier alpha value is -3.60. The summed E-state index contributed by atoms with van der Waals surface area (Å²) in [6.07, 6.45) is -0.525. The van der Waals surface area contributed by atoms with Gasteiger partial charge in [0.25, 0.3) is 5.56 Å². The van der Waals surface area contributed by atoms with Crippen molar-refractivity contribution in [2.24, 2.45) is 0 Å². The Labute approximate surface area is 175 Å². The highest BCUT2D eigenvalue weighted by Crippen LogP contribution is 2.32. The van der Waals surface area contributed by atoms with Crippen LogP contribution in [0.25, 0.3) is 17.1 Å². The van der Waals surface area contributed by atoms with Crippen LogP contribution >= 0.6 is 11.6 Å². The minimum Gasteiger partial charge on any atom is -0.328 e. The van der Waals surface area contributed by atoms with E-state index in [1.807, 2.05) is 0 Å². The first kappa shape index (κ1) is 20.7. The van der Waals surface area contributed by atoms with Crippen LogP contribution in [0.4, 0.5) is 17.6 Å². The van der Waals surface area contributed by atoms with E-state index in [9.17, 15) is 27.2 Å². The Bertz CT molecular complexity index is 1370. The van der Waals surface area contributed by atoms with Crippen LogP contribution in [0, 0.1) is 5.82 Å². The third kappa shape index (κ3) is 3.91. The molecule has 0 spiro atoms. The summed E-state index contributed by atoms with van der Waals surface area (Å²) < 4.78 is 54.7. The van der Waals surface area contributed by atoms with Crippen LogP contribution in [-0.2, 0) is 12.7 Å². The highest BCUT2D eigenvalue weighted by Gasteiger charge is 2.34. The van der Waals surface area contributed by atoms with Crippen molar-refractivity contribution in [3.05, 3.63) is 92.0 Å². The van der Waals surface area contributed by atoms with Gasteiger partial charge in [-0.15, -0.1) is 0 Å². The van der Waals surface area contributed by atoms with Crippen LogP contribution in [0.5, 0.6) is 0 Å². The van der Waals surface area contributed by atoms with Crippen molar-refractivity contribution in [3.8, 4) is 17.1 Å². The Kier molecular flexibility index (Phi) is 5.05. The lowest BCUT2D eigenvalue weighted by Gasteiger charge is -2.16. The van der Waals surface area contributed by atoms with E-state index in [2.05, 4.69) is 15.0 Å². The molecular weight excluding hydrogens is 442 g/mol. The molecule has 1 aromatic carbocycles. The van der Waals surface area contributed by atoms with Crippen LogP contribution in [-0.4, -0.2) is 24.1 Å². The van der Waals surface area contributed by atoms with Crippen molar-refractivity contribution in [3.63, 3.8) is 0 Å². The summed E-state index contributed by atoms with van der Waals surface area (Å²) in [5, 5.41) is 0.0482. The maximum absolute atomic E-state index is 13.6. The predicted octanol–water partition coefficient (Wildman–Crippen LogP) is 3.15. The van der Waals surface area contributed by atoms with E-state index in [4.69, 9.17) is 11.6 Å². The molecule has 1 aromatic heterocycles. The largest absolute Gasteiger partial charge is 0.419 e. The normalized spacial score (nSPS) is 11.8. The molecule has 3 heterocycles. The van der Waals surface area contributed by atoms with Gasteiger partial charge in [-0.2, -0.15) is 18.2 Å². The number of halogens is 5. The zero-order chi connectivity index (χ0) is 22.3. The van der Waals surface area contributed by atoms with Gasteiger partial charge >= 0.3 is 11.9 Å². The number of benzene rings is 1. The predicted molar refractivity (Wildman–Crippen MR) is 102 cm³/mol. The van der Waals surface area contributed by atoms with Crippen molar-refractivity contribution in [1.82, 2.24) is 24.1 Å². The highest BCUT2D eigenvalue weighted by molar-refractivity contribution is 6.28. The van der Waals surface area contributed by atoms with E-state index in [1.54, 1.807) is 6.20 Å². The molecular formula is C19H10ClF4N5O2. The second-order valence-electron chi connectivity index (χ2n) is 6.43. The van der Waals surface area contributed by atoms with E-state index in [0.29, 0.717) is 22.3 Å². The number of pyridine rings is 1. The summed E-state index contributed by atoms with van der Waals surface area (Å²) >= 11 is 5.66. The molecule has 0 amide bonds. The standard InChI is InChI=1S/C19H10ClF4N5O2/c20-17-25-7-10(8-26-17)9-28-5-1-2-12-15(28)27-18(31)29(16(12)30)11-3-4-14(21)13(6-11)19(22,23)24/h1-8H,9H2. The molecule has 2 aromatic rings. The Morgan fingerprint density at radius 2 is 1.77 bits per heavy atom. The minimum atomic E-state index is -5.00. The van der Waals surface area contributed by atoms with E-state index >= 15 is 0 Å². The summed E-state index contributed by atoms with van der Waals surface area (Å²) in [6.45, 7) is 0.152. The number of fused-ring (bicyclic) bond motifs is 1. The minimum absolute atomic E-state index is 0.0156. The number of nitrogens with zero attached hydrogens (tertiary/aromatic N) is 5. The molecule has 31 heavy (non-hydrogen) atoms. The molecule has 0 atom stereocenters. The molecule has 12 heteroatoms. The second-order valence-corrected chi connectivity index (χ2v) is 6.77. The smallest absolute Gasteiger partial charge is 0.328 e. The molecule has 2 aliphatic heterocycles. The third-order valence-corrected chi connectivity index (χ3v) is 4.60. The number of rotatable bonds is 3. The molecule has 7 nitrogen and oxygen atoms in total. The van der Waals surface area contributed by atoms with Gasteiger partial charge in [0, 0.05) is 24.2 Å². The zero-order valence-corrected chi connectivity index (χ0v) is 16.0. The quantitative estimate of drug-likeness (QED) is 0.353. The first-order valence-electron chi connectivity index (χ1n) is 8.61. The van der Waals surface area contributed by atoms with E-state index in [0.717, 1.165) is 6.07 Å². The van der Waals surface area contributed by atoms with E-state index < -0.39 is 34.5 Å². The molecule has 158 valence electrons. The molecule has 0 N–H and O–H groups in total. The van der Waals surface area contributed by atoms with Gasteiger partial charge in [-0.3, -0.25) is 4.79 Å². The topological polar surface area (TPSA) is 82.7 Å². The maximum atomic E-state index is 13.6. The number of hydrogen-bond acceptors (Lipinski definition) is 5. The fraction of sp³-hybridized carbons (Fsp3) is 0.105. The van der Waals surface area contributed by atoms with Gasteiger partial charge in [0.05, 0.1) is 23.4 Å². The Balaban J connectivity index is 1.87. The van der Waals surface area contributed by atoms with Crippen LogP contribution < -0.4 is 11.2 Å². The number of hydrogen-bond donors (Lipinski definition) is 0. The van der Waals surface area contributed by atoms with Crippen molar-refractivity contribution in [2.75, 3.05) is 0 Å². The van der Waals surface area contributed by atoms with Crippen molar-refractivity contribution >= 4 is 11.6 Å². The molecule has 4 rings (SSSR count). The molecule has 0 saturated heterocycles. The summed E-state index contributed by atoms with van der Waals surface area (Å²) in [5.41, 5.74) is -3.45. The van der Waals surface area contributed by atoms with Gasteiger partial charge in [0.15, 0.2) is 5.82 Å². The van der Waals surface area contributed by atoms with Gasteiger partial charge in [0.2, 0.25) is 5.28 Å². The fourth-order valence-electron chi connectivity index (χ4n) is 3.02. The Morgan fingerprint density at radius 1 is 1.06 bits per heavy atom. The zero-order valence-electron chi connectivity index (χ0n) is 15.3. The first-order valence-corrected chi connectivity index (χ1v) is 8.99. The molecule has 0 bridgehead atoms. The van der Waals surface area contributed by atoms with Gasteiger partial charge in [-0.1, -0.05) is 0 Å². The molecule has 2 aliphatic rings. The summed E-state index contributed by atoms with van der Waals surface area (Å²) in [7, 11) is 0. The Morgan fingerprint density at radius 3 is 2.45 bits per heavy atom. The lowest BCUT2D eigenvalue weighted by Crippen LogP contribution is -2.37. The molecule has 0 aliphatic carbocycles. The third-order valence-electron chi connectivity index (χ3n) is 4.41. The lowest BCUT2D eigenvalue weighted by molar-refractivity contribution is -0.140. The number of alkyl halides is 3. The van der Waals surface area contributed by atoms with Crippen molar-refractivity contribution in [2.45, 2.75) is 12.7 Å². The highest BCUT2D eigenvalue weighted by atomic mass is 35.5. The summed E-state index contributed by atoms with van der Waals surface area (Å²) in [6, 6.07) is 4.74. The van der Waals surface area contributed by atoms with Gasteiger partial charge in [0.1, 0.15) is 5.82 Å². The molecule has 0 saturated carbocycles. The monoisotopic (exact) mass is 451 g/mol. The van der Waals surface area contributed by atoms with Crippen LogP contribution in [0.2, 0.25) is 5.28 Å². The number of aromatic nitrogens is 5. The lowest BCUT2D eigenvalue weighted by atomic mass is 10.1. The van der Waals surface area contributed by atoms with Crippen molar-refractivity contribution in [1.29, 1.82) is 0 Å². The maximum Gasteiger partial charge on any atom is 0.419 e. The van der Waals surface area contributed by atoms with Gasteiger partial charge < -0.3 is 4.57 Å². The van der Waals surface area contributed by atoms with Crippen LogP contribution in [0.3, 0.4) is 0 Å². The average Bonchev–Trinajstić information content (AvgIpc) is 2.70. The summed E-state index contributed by atoms with van der Waals surface area (Å²) in [4.78, 5) is 37.1. The molecule has 0 unspecified atom stereocenters. The van der Waals surface area contributed by atoms with Crippen LogP contribution in [0.15, 0.2) is 58.5 Å². The van der Waals surface area contributed by atoms with Crippen LogP contribution in [0.1, 0.15) is 11.1 Å². The first-order chi connectivity index (χ1) is 14.6. The SMILES string of the molecule is O=c1nc2n(Cc3cnc(Cl)nc3)cccc-2c(=O)n1-c1ccc(F)c(C(F)(F)F)c1. The van der Waals surface area contributed by atoms with E-state index in [1.165, 1.54) is 29.1 Å². The van der Waals surface area contributed by atoms with Gasteiger partial charge in [-0.05, 0) is 41.9 Å². The van der Waals surface area contributed by atoms with Gasteiger partial charge in [-0.25, -0.2) is 23.7 Å². The second kappa shape index (κ2) is 7.58. The fourth-order valence-corrected chi connectivity index (χ4v) is 3.12. The van der Waals surface area contributed by atoms with E-state index in [-0.39, 0.29) is 23.2 Å². The molecule has 0 radical (unpaired) electrons. The average molecular weight is 452 g/mol. The van der Waals surface area contributed by atoms with Crippen molar-refractivity contribution < 1.29 is 17.6 Å².